The molecule has 0 aliphatic heterocycles. The van der Waals surface area contributed by atoms with E-state index in [0.29, 0.717) is 30.0 Å². The van der Waals surface area contributed by atoms with Gasteiger partial charge in [-0.2, -0.15) is 0 Å². The van der Waals surface area contributed by atoms with Gasteiger partial charge in [-0.25, -0.2) is 4.79 Å². The number of rotatable bonds is 3. The first-order valence-corrected chi connectivity index (χ1v) is 6.90. The second-order valence-corrected chi connectivity index (χ2v) is 5.53. The van der Waals surface area contributed by atoms with Gasteiger partial charge in [-0.15, -0.1) is 0 Å². The quantitative estimate of drug-likeness (QED) is 0.802. The van der Waals surface area contributed by atoms with Crippen molar-refractivity contribution in [2.75, 3.05) is 5.32 Å². The van der Waals surface area contributed by atoms with Gasteiger partial charge in [-0.3, -0.25) is 4.79 Å². The van der Waals surface area contributed by atoms with Crippen LogP contribution in [-0.2, 0) is 4.79 Å². The van der Waals surface area contributed by atoms with E-state index in [9.17, 15) is 9.59 Å². The predicted octanol–water partition coefficient (Wildman–Crippen LogP) is 3.02. The molecule has 3 N–H and O–H groups in total. The third kappa shape index (κ3) is 3.63. The normalized spacial score (nSPS) is 21.5. The van der Waals surface area contributed by atoms with Gasteiger partial charge in [0.15, 0.2) is 0 Å². The van der Waals surface area contributed by atoms with Crippen molar-refractivity contribution < 1.29 is 14.7 Å². The Balaban J connectivity index is 1.88. The van der Waals surface area contributed by atoms with E-state index in [1.165, 1.54) is 0 Å². The summed E-state index contributed by atoms with van der Waals surface area (Å²) in [6.45, 7) is 1.92. The molecule has 1 saturated carbocycles. The summed E-state index contributed by atoms with van der Waals surface area (Å²) >= 11 is 6.03. The van der Waals surface area contributed by atoms with Crippen LogP contribution in [0.25, 0.3) is 0 Å². The van der Waals surface area contributed by atoms with Crippen LogP contribution in [0.15, 0.2) is 18.2 Å². The van der Waals surface area contributed by atoms with Gasteiger partial charge in [0.25, 0.3) is 0 Å². The highest BCUT2D eigenvalue weighted by Crippen LogP contribution is 2.26. The average molecular weight is 297 g/mol. The fourth-order valence-corrected chi connectivity index (χ4v) is 2.68. The SMILES string of the molecule is Cc1ccc(NC(=O)NC2CCC(C(=O)O)C2)c(Cl)c1. The van der Waals surface area contributed by atoms with Crippen molar-refractivity contribution in [1.82, 2.24) is 5.32 Å². The molecule has 1 aliphatic rings. The number of carbonyl (C=O) groups is 2. The third-order valence-corrected chi connectivity index (χ3v) is 3.80. The van der Waals surface area contributed by atoms with E-state index in [2.05, 4.69) is 10.6 Å². The minimum atomic E-state index is -0.795. The van der Waals surface area contributed by atoms with Crippen molar-refractivity contribution in [3.63, 3.8) is 0 Å². The number of amides is 2. The van der Waals surface area contributed by atoms with E-state index in [1.807, 2.05) is 13.0 Å². The Hall–Kier alpha value is -1.75. The number of carboxylic acid groups (broad SMARTS) is 1. The highest BCUT2D eigenvalue weighted by molar-refractivity contribution is 6.33. The van der Waals surface area contributed by atoms with Gasteiger partial charge in [0.05, 0.1) is 16.6 Å². The zero-order chi connectivity index (χ0) is 14.7. The number of nitrogens with one attached hydrogen (secondary N) is 2. The second-order valence-electron chi connectivity index (χ2n) is 5.13. The van der Waals surface area contributed by atoms with Crippen molar-refractivity contribution in [2.24, 2.45) is 5.92 Å². The highest BCUT2D eigenvalue weighted by atomic mass is 35.5. The number of anilines is 1. The van der Waals surface area contributed by atoms with Crippen LogP contribution in [-0.4, -0.2) is 23.1 Å². The summed E-state index contributed by atoms with van der Waals surface area (Å²) in [7, 11) is 0. The fraction of sp³-hybridized carbons (Fsp3) is 0.429. The van der Waals surface area contributed by atoms with Gasteiger partial charge in [0.1, 0.15) is 0 Å². The van der Waals surface area contributed by atoms with Gasteiger partial charge in [-0.1, -0.05) is 17.7 Å². The van der Waals surface area contributed by atoms with Crippen molar-refractivity contribution in [2.45, 2.75) is 32.2 Å². The lowest BCUT2D eigenvalue weighted by Crippen LogP contribution is -2.36. The molecule has 1 aliphatic carbocycles. The second kappa shape index (κ2) is 6.13. The van der Waals surface area contributed by atoms with E-state index in [0.717, 1.165) is 5.56 Å². The molecule has 2 unspecified atom stereocenters. The maximum Gasteiger partial charge on any atom is 0.319 e. The summed E-state index contributed by atoms with van der Waals surface area (Å²) < 4.78 is 0. The molecule has 0 heterocycles. The lowest BCUT2D eigenvalue weighted by Gasteiger charge is -2.14. The Morgan fingerprint density at radius 3 is 2.70 bits per heavy atom. The van der Waals surface area contributed by atoms with Gasteiger partial charge < -0.3 is 15.7 Å². The fourth-order valence-electron chi connectivity index (χ4n) is 2.40. The predicted molar refractivity (Wildman–Crippen MR) is 77.1 cm³/mol. The first-order valence-electron chi connectivity index (χ1n) is 6.52. The molecule has 5 nitrogen and oxygen atoms in total. The minimum Gasteiger partial charge on any atom is -0.481 e. The first kappa shape index (κ1) is 14.7. The number of carbonyl (C=O) groups excluding carboxylic acids is 1. The molecule has 0 saturated heterocycles. The van der Waals surface area contributed by atoms with E-state index in [1.54, 1.807) is 12.1 Å². The zero-order valence-electron chi connectivity index (χ0n) is 11.1. The summed E-state index contributed by atoms with van der Waals surface area (Å²) in [5, 5.41) is 14.9. The number of hydrogen-bond acceptors (Lipinski definition) is 2. The van der Waals surface area contributed by atoms with E-state index in [4.69, 9.17) is 16.7 Å². The molecular weight excluding hydrogens is 280 g/mol. The van der Waals surface area contributed by atoms with Gasteiger partial charge in [-0.05, 0) is 43.9 Å². The highest BCUT2D eigenvalue weighted by Gasteiger charge is 2.30. The number of urea groups is 1. The van der Waals surface area contributed by atoms with Crippen LogP contribution in [0.3, 0.4) is 0 Å². The Kier molecular flexibility index (Phi) is 4.49. The lowest BCUT2D eigenvalue weighted by molar-refractivity contribution is -0.141. The summed E-state index contributed by atoms with van der Waals surface area (Å²) in [5.41, 5.74) is 1.56. The topological polar surface area (TPSA) is 78.4 Å². The molecule has 2 amide bonds. The van der Waals surface area contributed by atoms with Gasteiger partial charge >= 0.3 is 12.0 Å². The van der Waals surface area contributed by atoms with Gasteiger partial charge in [0, 0.05) is 6.04 Å². The van der Waals surface area contributed by atoms with Crippen molar-refractivity contribution in [1.29, 1.82) is 0 Å². The third-order valence-electron chi connectivity index (χ3n) is 3.49. The lowest BCUT2D eigenvalue weighted by atomic mass is 10.1. The molecule has 0 bridgehead atoms. The van der Waals surface area contributed by atoms with Crippen molar-refractivity contribution in [3.8, 4) is 0 Å². The molecular formula is C14H17ClN2O3. The van der Waals surface area contributed by atoms with E-state index < -0.39 is 5.97 Å². The first-order chi connectivity index (χ1) is 9.45. The smallest absolute Gasteiger partial charge is 0.319 e. The minimum absolute atomic E-state index is 0.0969. The summed E-state index contributed by atoms with van der Waals surface area (Å²) in [4.78, 5) is 22.7. The van der Waals surface area contributed by atoms with Crippen molar-refractivity contribution >= 4 is 29.3 Å². The number of halogens is 1. The van der Waals surface area contributed by atoms with Crippen LogP contribution >= 0.6 is 11.6 Å². The van der Waals surface area contributed by atoms with Crippen molar-refractivity contribution in [3.05, 3.63) is 28.8 Å². The van der Waals surface area contributed by atoms with Crippen LogP contribution in [0.4, 0.5) is 10.5 Å². The Morgan fingerprint density at radius 1 is 1.35 bits per heavy atom. The maximum absolute atomic E-state index is 11.9. The summed E-state index contributed by atoms with van der Waals surface area (Å²) in [6, 6.07) is 4.92. The molecule has 0 aromatic heterocycles. The number of aryl methyl sites for hydroxylation is 1. The molecule has 2 rings (SSSR count). The maximum atomic E-state index is 11.9. The van der Waals surface area contributed by atoms with Crippen LogP contribution < -0.4 is 10.6 Å². The summed E-state index contributed by atoms with van der Waals surface area (Å²) in [5.74, 6) is -1.15. The Morgan fingerprint density at radius 2 is 2.10 bits per heavy atom. The molecule has 2 atom stereocenters. The largest absolute Gasteiger partial charge is 0.481 e. The van der Waals surface area contributed by atoms with Gasteiger partial charge in [0.2, 0.25) is 0 Å². The number of aliphatic carboxylic acids is 1. The zero-order valence-corrected chi connectivity index (χ0v) is 11.9. The average Bonchev–Trinajstić information content (AvgIpc) is 2.81. The molecule has 0 spiro atoms. The standard InChI is InChI=1S/C14H17ClN2O3/c1-8-2-5-12(11(15)6-8)17-14(20)16-10-4-3-9(7-10)13(18)19/h2,5-6,9-10H,3-4,7H2,1H3,(H,18,19)(H2,16,17,20). The van der Waals surface area contributed by atoms with Crippen LogP contribution in [0.5, 0.6) is 0 Å². The molecule has 1 aromatic carbocycles. The number of carboxylic acids is 1. The number of hydrogen-bond donors (Lipinski definition) is 3. The summed E-state index contributed by atoms with van der Waals surface area (Å²) in [6.07, 6.45) is 1.77. The van der Waals surface area contributed by atoms with E-state index >= 15 is 0 Å². The van der Waals surface area contributed by atoms with Crippen LogP contribution in [0.1, 0.15) is 24.8 Å². The monoisotopic (exact) mass is 296 g/mol. The molecule has 108 valence electrons. The van der Waals surface area contributed by atoms with Crippen LogP contribution in [0, 0.1) is 12.8 Å². The van der Waals surface area contributed by atoms with Crippen LogP contribution in [0.2, 0.25) is 5.02 Å². The molecule has 1 fully saturated rings. The molecule has 0 radical (unpaired) electrons. The molecule has 1 aromatic rings. The Bertz CT molecular complexity index is 533. The Labute approximate surface area is 122 Å². The molecule has 6 heteroatoms. The number of benzene rings is 1. The molecule has 20 heavy (non-hydrogen) atoms. The van der Waals surface area contributed by atoms with E-state index in [-0.39, 0.29) is 18.0 Å².